The zero-order valence-electron chi connectivity index (χ0n) is 13.4. The second kappa shape index (κ2) is 7.23. The van der Waals surface area contributed by atoms with Gasteiger partial charge >= 0.3 is 6.03 Å². The summed E-state index contributed by atoms with van der Waals surface area (Å²) in [5.74, 6) is 0.124. The number of aliphatic hydroxyl groups excluding tert-OH is 1. The zero-order chi connectivity index (χ0) is 17.0. The number of anilines is 1. The molecular weight excluding hydrogens is 299 g/mol. The first-order valence-corrected chi connectivity index (χ1v) is 7.42. The van der Waals surface area contributed by atoms with Crippen LogP contribution in [0, 0.1) is 18.7 Å². The van der Waals surface area contributed by atoms with Crippen molar-refractivity contribution in [3.8, 4) is 5.69 Å². The molecule has 0 aliphatic heterocycles. The molecule has 2 rings (SSSR count). The van der Waals surface area contributed by atoms with E-state index in [2.05, 4.69) is 15.7 Å². The van der Waals surface area contributed by atoms with Gasteiger partial charge in [0.25, 0.3) is 0 Å². The number of aliphatic hydroxyl groups is 1. The summed E-state index contributed by atoms with van der Waals surface area (Å²) in [5, 5.41) is 19.1. The van der Waals surface area contributed by atoms with Crippen molar-refractivity contribution in [3.05, 3.63) is 41.8 Å². The summed E-state index contributed by atoms with van der Waals surface area (Å²) in [5.41, 5.74) is 1.50. The monoisotopic (exact) mass is 320 g/mol. The highest BCUT2D eigenvalue weighted by Gasteiger charge is 2.12. The van der Waals surface area contributed by atoms with E-state index in [0.717, 1.165) is 5.69 Å². The SMILES string of the molecule is Cc1cc(NC(=O)NCC(O)C(C)C)nn1-c1ccc(F)cc1. The quantitative estimate of drug-likeness (QED) is 0.792. The number of carbonyl (C=O) groups is 1. The molecule has 0 spiro atoms. The van der Waals surface area contributed by atoms with Crippen LogP contribution < -0.4 is 10.6 Å². The Bertz CT molecular complexity index is 667. The molecule has 1 unspecified atom stereocenters. The molecule has 2 aromatic rings. The topological polar surface area (TPSA) is 79.2 Å². The number of aromatic nitrogens is 2. The number of hydrogen-bond donors (Lipinski definition) is 3. The third-order valence-corrected chi connectivity index (χ3v) is 3.44. The highest BCUT2D eigenvalue weighted by Crippen LogP contribution is 2.15. The van der Waals surface area contributed by atoms with Crippen molar-refractivity contribution in [1.29, 1.82) is 0 Å². The molecule has 7 heteroatoms. The third-order valence-electron chi connectivity index (χ3n) is 3.44. The normalized spacial score (nSPS) is 12.3. The minimum Gasteiger partial charge on any atom is -0.391 e. The minimum atomic E-state index is -0.598. The summed E-state index contributed by atoms with van der Waals surface area (Å²) in [6.07, 6.45) is -0.598. The van der Waals surface area contributed by atoms with Crippen LogP contribution in [0.1, 0.15) is 19.5 Å². The Morgan fingerprint density at radius 3 is 2.61 bits per heavy atom. The maximum atomic E-state index is 13.0. The summed E-state index contributed by atoms with van der Waals surface area (Å²) >= 11 is 0. The van der Waals surface area contributed by atoms with Crippen molar-refractivity contribution in [2.45, 2.75) is 26.9 Å². The van der Waals surface area contributed by atoms with Gasteiger partial charge in [-0.1, -0.05) is 13.8 Å². The fraction of sp³-hybridized carbons (Fsp3) is 0.375. The van der Waals surface area contributed by atoms with Gasteiger partial charge in [0, 0.05) is 18.3 Å². The van der Waals surface area contributed by atoms with Gasteiger partial charge in [-0.2, -0.15) is 0 Å². The fourth-order valence-electron chi connectivity index (χ4n) is 1.97. The smallest absolute Gasteiger partial charge is 0.320 e. The summed E-state index contributed by atoms with van der Waals surface area (Å²) in [7, 11) is 0. The van der Waals surface area contributed by atoms with E-state index in [4.69, 9.17) is 0 Å². The lowest BCUT2D eigenvalue weighted by Crippen LogP contribution is -2.37. The van der Waals surface area contributed by atoms with E-state index in [9.17, 15) is 14.3 Å². The van der Waals surface area contributed by atoms with Gasteiger partial charge in [-0.3, -0.25) is 5.32 Å². The molecule has 1 atom stereocenters. The highest BCUT2D eigenvalue weighted by atomic mass is 19.1. The van der Waals surface area contributed by atoms with E-state index in [0.29, 0.717) is 11.5 Å². The van der Waals surface area contributed by atoms with Crippen LogP contribution >= 0.6 is 0 Å². The second-order valence-electron chi connectivity index (χ2n) is 5.71. The van der Waals surface area contributed by atoms with Crippen LogP contribution in [0.15, 0.2) is 30.3 Å². The number of benzene rings is 1. The van der Waals surface area contributed by atoms with Crippen LogP contribution in [0.3, 0.4) is 0 Å². The number of hydrogen-bond acceptors (Lipinski definition) is 3. The van der Waals surface area contributed by atoms with Gasteiger partial charge in [-0.25, -0.2) is 13.9 Å². The maximum absolute atomic E-state index is 13.0. The van der Waals surface area contributed by atoms with Crippen molar-refractivity contribution in [2.24, 2.45) is 5.92 Å². The Balaban J connectivity index is 2.01. The van der Waals surface area contributed by atoms with E-state index < -0.39 is 12.1 Å². The van der Waals surface area contributed by atoms with Crippen LogP contribution in [0.2, 0.25) is 0 Å². The molecule has 1 aromatic heterocycles. The second-order valence-corrected chi connectivity index (χ2v) is 5.71. The molecule has 3 N–H and O–H groups in total. The lowest BCUT2D eigenvalue weighted by Gasteiger charge is -2.14. The van der Waals surface area contributed by atoms with Crippen LogP contribution in [0.4, 0.5) is 15.0 Å². The number of nitrogens with one attached hydrogen (secondary N) is 2. The van der Waals surface area contributed by atoms with Gasteiger partial charge < -0.3 is 10.4 Å². The lowest BCUT2D eigenvalue weighted by atomic mass is 10.1. The van der Waals surface area contributed by atoms with Crippen molar-refractivity contribution < 1.29 is 14.3 Å². The maximum Gasteiger partial charge on any atom is 0.320 e. The van der Waals surface area contributed by atoms with Gasteiger partial charge in [-0.15, -0.1) is 5.10 Å². The van der Waals surface area contributed by atoms with Crippen molar-refractivity contribution >= 4 is 11.8 Å². The molecule has 0 fully saturated rings. The van der Waals surface area contributed by atoms with Crippen LogP contribution in [0.25, 0.3) is 5.69 Å². The average molecular weight is 320 g/mol. The van der Waals surface area contributed by atoms with Crippen LogP contribution in [0.5, 0.6) is 0 Å². The number of amides is 2. The zero-order valence-corrected chi connectivity index (χ0v) is 13.4. The van der Waals surface area contributed by atoms with Crippen LogP contribution in [-0.2, 0) is 0 Å². The first-order valence-electron chi connectivity index (χ1n) is 7.42. The van der Waals surface area contributed by atoms with Crippen LogP contribution in [-0.4, -0.2) is 33.6 Å². The fourth-order valence-corrected chi connectivity index (χ4v) is 1.97. The Kier molecular flexibility index (Phi) is 5.33. The van der Waals surface area contributed by atoms with Crippen molar-refractivity contribution in [1.82, 2.24) is 15.1 Å². The number of halogens is 1. The molecule has 1 heterocycles. The largest absolute Gasteiger partial charge is 0.391 e. The summed E-state index contributed by atoms with van der Waals surface area (Å²) in [6.45, 7) is 5.75. The van der Waals surface area contributed by atoms with E-state index in [-0.39, 0.29) is 18.3 Å². The molecule has 124 valence electrons. The number of aryl methyl sites for hydroxylation is 1. The Morgan fingerprint density at radius 1 is 1.35 bits per heavy atom. The van der Waals surface area contributed by atoms with E-state index in [1.54, 1.807) is 22.9 Å². The molecule has 0 bridgehead atoms. The average Bonchev–Trinajstić information content (AvgIpc) is 2.86. The molecule has 0 saturated heterocycles. The molecule has 2 amide bonds. The molecule has 23 heavy (non-hydrogen) atoms. The molecule has 0 aliphatic carbocycles. The van der Waals surface area contributed by atoms with Gasteiger partial charge in [0.2, 0.25) is 0 Å². The van der Waals surface area contributed by atoms with E-state index >= 15 is 0 Å². The van der Waals surface area contributed by atoms with Crippen molar-refractivity contribution in [3.63, 3.8) is 0 Å². The van der Waals surface area contributed by atoms with E-state index in [1.807, 2.05) is 20.8 Å². The summed E-state index contributed by atoms with van der Waals surface area (Å²) in [4.78, 5) is 11.8. The van der Waals surface area contributed by atoms with Gasteiger partial charge in [0.05, 0.1) is 11.8 Å². The molecular formula is C16H21FN4O2. The van der Waals surface area contributed by atoms with Gasteiger partial charge in [-0.05, 0) is 37.1 Å². The summed E-state index contributed by atoms with van der Waals surface area (Å²) in [6, 6.07) is 7.19. The Morgan fingerprint density at radius 2 is 2.00 bits per heavy atom. The van der Waals surface area contributed by atoms with E-state index in [1.165, 1.54) is 12.1 Å². The first-order chi connectivity index (χ1) is 10.9. The molecule has 1 aromatic carbocycles. The third kappa shape index (κ3) is 4.53. The number of carbonyl (C=O) groups excluding carboxylic acids is 1. The predicted molar refractivity (Wildman–Crippen MR) is 86.1 cm³/mol. The Hall–Kier alpha value is -2.41. The molecule has 0 saturated carbocycles. The highest BCUT2D eigenvalue weighted by molar-refractivity contribution is 5.88. The molecule has 0 aliphatic rings. The number of rotatable bonds is 5. The first kappa shape index (κ1) is 17.0. The Labute approximate surface area is 134 Å². The molecule has 0 radical (unpaired) electrons. The van der Waals surface area contributed by atoms with Crippen molar-refractivity contribution in [2.75, 3.05) is 11.9 Å². The standard InChI is InChI=1S/C16H21FN4O2/c1-10(2)14(22)9-18-16(23)19-15-8-11(3)21(20-15)13-6-4-12(17)5-7-13/h4-8,10,14,22H,9H2,1-3H3,(H2,18,19,20,23). The lowest BCUT2D eigenvalue weighted by molar-refractivity contribution is 0.126. The molecule has 6 nitrogen and oxygen atoms in total. The minimum absolute atomic E-state index is 0.0650. The summed E-state index contributed by atoms with van der Waals surface area (Å²) < 4.78 is 14.6. The predicted octanol–water partition coefficient (Wildman–Crippen LogP) is 2.46. The van der Waals surface area contributed by atoms with Gasteiger partial charge in [0.1, 0.15) is 5.82 Å². The number of urea groups is 1. The van der Waals surface area contributed by atoms with Gasteiger partial charge in [0.15, 0.2) is 5.82 Å². The number of nitrogens with zero attached hydrogens (tertiary/aromatic N) is 2.